The number of thioether (sulfide) groups is 1. The first kappa shape index (κ1) is 13.6. The number of aliphatic carboxylic acids is 1. The van der Waals surface area contributed by atoms with Crippen LogP contribution in [0.25, 0.3) is 0 Å². The van der Waals surface area contributed by atoms with Crippen molar-refractivity contribution in [3.8, 4) is 0 Å². The molecule has 1 aromatic rings. The van der Waals surface area contributed by atoms with Crippen LogP contribution in [-0.2, 0) is 10.5 Å². The number of hydrogen-bond acceptors (Lipinski definition) is 3. The van der Waals surface area contributed by atoms with Crippen LogP contribution in [0.4, 0.5) is 0 Å². The molecule has 88 valence electrons. The Hall–Kier alpha value is -0.450. The number of hydrogen-bond donors (Lipinski definition) is 1. The molecule has 0 aliphatic rings. The Morgan fingerprint density at radius 2 is 2.12 bits per heavy atom. The van der Waals surface area contributed by atoms with Gasteiger partial charge >= 0.3 is 5.97 Å². The summed E-state index contributed by atoms with van der Waals surface area (Å²) in [6.07, 6.45) is 0. The van der Waals surface area contributed by atoms with Crippen molar-refractivity contribution >= 4 is 40.9 Å². The van der Waals surface area contributed by atoms with Crippen molar-refractivity contribution in [3.63, 3.8) is 0 Å². The van der Waals surface area contributed by atoms with Gasteiger partial charge in [-0.3, -0.25) is 4.79 Å². The number of aromatic nitrogens is 1. The summed E-state index contributed by atoms with van der Waals surface area (Å²) in [6, 6.07) is 3.39. The Morgan fingerprint density at radius 3 is 2.62 bits per heavy atom. The fourth-order valence-corrected chi connectivity index (χ4v) is 2.23. The summed E-state index contributed by atoms with van der Waals surface area (Å²) in [5.74, 6) is -0.363. The van der Waals surface area contributed by atoms with E-state index in [1.165, 1.54) is 11.8 Å². The largest absolute Gasteiger partial charge is 0.480 e. The number of nitrogens with zero attached hydrogens (tertiary/aromatic N) is 1. The Balaban J connectivity index is 2.72. The molecule has 1 aromatic heterocycles. The molecule has 0 atom stereocenters. The van der Waals surface area contributed by atoms with Crippen molar-refractivity contribution < 1.29 is 9.90 Å². The molecule has 0 spiro atoms. The first-order valence-corrected chi connectivity index (χ1v) is 6.25. The fourth-order valence-electron chi connectivity index (χ4n) is 0.869. The molecule has 0 aromatic carbocycles. The number of rotatable bonds is 4. The molecule has 0 aliphatic heterocycles. The average Bonchev–Trinajstić information content (AvgIpc) is 2.16. The second-order valence-electron chi connectivity index (χ2n) is 3.69. The van der Waals surface area contributed by atoms with Crippen LogP contribution in [0, 0.1) is 0 Å². The maximum absolute atomic E-state index is 10.9. The molecule has 0 saturated heterocycles. The molecular formula is C10H11Cl2NO2S. The van der Waals surface area contributed by atoms with Gasteiger partial charge in [-0.15, -0.1) is 11.8 Å². The number of carboxylic acid groups (broad SMARTS) is 1. The van der Waals surface area contributed by atoms with E-state index in [4.69, 9.17) is 28.3 Å². The summed E-state index contributed by atoms with van der Waals surface area (Å²) >= 11 is 12.8. The molecule has 1 rings (SSSR count). The minimum absolute atomic E-state index is 0.321. The van der Waals surface area contributed by atoms with E-state index >= 15 is 0 Å². The van der Waals surface area contributed by atoms with Gasteiger partial charge in [-0.2, -0.15) is 0 Å². The molecule has 0 amide bonds. The van der Waals surface area contributed by atoms with E-state index in [-0.39, 0.29) is 0 Å². The summed E-state index contributed by atoms with van der Waals surface area (Å²) in [4.78, 5) is 14.8. The second-order valence-corrected chi connectivity index (χ2v) is 6.03. The normalized spacial score (nSPS) is 11.5. The van der Waals surface area contributed by atoms with Gasteiger partial charge < -0.3 is 5.11 Å². The monoisotopic (exact) mass is 279 g/mol. The van der Waals surface area contributed by atoms with Crippen molar-refractivity contribution in [1.82, 2.24) is 4.98 Å². The minimum atomic E-state index is -0.851. The fraction of sp³-hybridized carbons (Fsp3) is 0.400. The molecular weight excluding hydrogens is 269 g/mol. The Kier molecular flexibility index (Phi) is 4.47. The smallest absolute Gasteiger partial charge is 0.319 e. The predicted molar refractivity (Wildman–Crippen MR) is 67.3 cm³/mol. The zero-order valence-electron chi connectivity index (χ0n) is 8.83. The Morgan fingerprint density at radius 1 is 1.50 bits per heavy atom. The number of halogens is 2. The molecule has 0 radical (unpaired) electrons. The zero-order valence-corrected chi connectivity index (χ0v) is 11.2. The number of pyridine rings is 1. The van der Waals surface area contributed by atoms with Gasteiger partial charge in [0.25, 0.3) is 0 Å². The molecule has 0 unspecified atom stereocenters. The van der Waals surface area contributed by atoms with Crippen LogP contribution in [0.3, 0.4) is 0 Å². The summed E-state index contributed by atoms with van der Waals surface area (Å²) in [5.41, 5.74) is 0.783. The number of carbonyl (C=O) groups is 1. The molecule has 0 aliphatic carbocycles. The maximum Gasteiger partial charge on any atom is 0.319 e. The van der Waals surface area contributed by atoms with Crippen LogP contribution >= 0.6 is 35.0 Å². The molecule has 16 heavy (non-hydrogen) atoms. The first-order chi connectivity index (χ1) is 7.33. The Labute approximate surface area is 108 Å². The van der Waals surface area contributed by atoms with Gasteiger partial charge in [-0.25, -0.2) is 4.98 Å². The van der Waals surface area contributed by atoms with E-state index in [1.807, 2.05) is 0 Å². The molecule has 0 saturated carbocycles. The lowest BCUT2D eigenvalue weighted by atomic mass is 10.2. The third-order valence-electron chi connectivity index (χ3n) is 2.00. The molecule has 3 nitrogen and oxygen atoms in total. The Bertz CT molecular complexity index is 410. The van der Waals surface area contributed by atoms with E-state index in [1.54, 1.807) is 26.0 Å². The van der Waals surface area contributed by atoms with E-state index in [0.717, 1.165) is 5.56 Å². The highest BCUT2D eigenvalue weighted by Gasteiger charge is 2.27. The SMILES string of the molecule is CC(C)(SCc1ccc(Cl)nc1Cl)C(=O)O. The van der Waals surface area contributed by atoms with Gasteiger partial charge in [-0.05, 0) is 25.5 Å². The van der Waals surface area contributed by atoms with Crippen molar-refractivity contribution in [2.45, 2.75) is 24.3 Å². The van der Waals surface area contributed by atoms with Crippen LogP contribution in [-0.4, -0.2) is 20.8 Å². The van der Waals surface area contributed by atoms with Gasteiger partial charge in [0.05, 0.1) is 0 Å². The third-order valence-corrected chi connectivity index (χ3v) is 3.88. The van der Waals surface area contributed by atoms with E-state index in [2.05, 4.69) is 4.98 Å². The summed E-state index contributed by atoms with van der Waals surface area (Å²) in [5, 5.41) is 9.59. The van der Waals surface area contributed by atoms with Crippen LogP contribution in [0.2, 0.25) is 10.3 Å². The van der Waals surface area contributed by atoms with Gasteiger partial charge in [0.1, 0.15) is 15.1 Å². The first-order valence-electron chi connectivity index (χ1n) is 4.51. The van der Waals surface area contributed by atoms with Crippen LogP contribution in [0.5, 0.6) is 0 Å². The van der Waals surface area contributed by atoms with Crippen molar-refractivity contribution in [2.24, 2.45) is 0 Å². The van der Waals surface area contributed by atoms with E-state index in [9.17, 15) is 4.79 Å². The minimum Gasteiger partial charge on any atom is -0.480 e. The topological polar surface area (TPSA) is 50.2 Å². The van der Waals surface area contributed by atoms with Gasteiger partial charge in [0.15, 0.2) is 0 Å². The summed E-state index contributed by atoms with van der Waals surface area (Å²) < 4.78 is -0.844. The van der Waals surface area contributed by atoms with E-state index in [0.29, 0.717) is 16.1 Å². The quantitative estimate of drug-likeness (QED) is 0.858. The number of carboxylic acids is 1. The van der Waals surface area contributed by atoms with Crippen LogP contribution < -0.4 is 0 Å². The van der Waals surface area contributed by atoms with Crippen molar-refractivity contribution in [3.05, 3.63) is 28.0 Å². The highest BCUT2D eigenvalue weighted by molar-refractivity contribution is 8.00. The molecule has 1 heterocycles. The lowest BCUT2D eigenvalue weighted by Crippen LogP contribution is -2.27. The second kappa shape index (κ2) is 5.25. The maximum atomic E-state index is 10.9. The van der Waals surface area contributed by atoms with Crippen LogP contribution in [0.1, 0.15) is 19.4 Å². The van der Waals surface area contributed by atoms with Gasteiger partial charge in [-0.1, -0.05) is 29.3 Å². The van der Waals surface area contributed by atoms with Crippen molar-refractivity contribution in [1.29, 1.82) is 0 Å². The van der Waals surface area contributed by atoms with Gasteiger partial charge in [0, 0.05) is 5.75 Å². The summed E-state index contributed by atoms with van der Waals surface area (Å²) in [6.45, 7) is 3.30. The molecule has 0 fully saturated rings. The standard InChI is InChI=1S/C10H11Cl2NO2S/c1-10(2,9(14)15)16-5-6-3-4-7(11)13-8(6)12/h3-4H,5H2,1-2H3,(H,14,15). The highest BCUT2D eigenvalue weighted by Crippen LogP contribution is 2.30. The third kappa shape index (κ3) is 3.54. The predicted octanol–water partition coefficient (Wildman–Crippen LogP) is 3.48. The molecule has 1 N–H and O–H groups in total. The average molecular weight is 280 g/mol. The van der Waals surface area contributed by atoms with Crippen molar-refractivity contribution in [2.75, 3.05) is 0 Å². The lowest BCUT2D eigenvalue weighted by molar-refractivity contribution is -0.138. The molecule has 0 bridgehead atoms. The highest BCUT2D eigenvalue weighted by atomic mass is 35.5. The zero-order chi connectivity index (χ0) is 12.3. The summed E-state index contributed by atoms with van der Waals surface area (Å²) in [7, 11) is 0. The van der Waals surface area contributed by atoms with E-state index < -0.39 is 10.7 Å². The van der Waals surface area contributed by atoms with Gasteiger partial charge in [0.2, 0.25) is 0 Å². The lowest BCUT2D eigenvalue weighted by Gasteiger charge is -2.18. The molecule has 6 heteroatoms. The van der Waals surface area contributed by atoms with Crippen LogP contribution in [0.15, 0.2) is 12.1 Å².